The van der Waals surface area contributed by atoms with Crippen LogP contribution < -0.4 is 4.74 Å². The lowest BCUT2D eigenvalue weighted by atomic mass is 10.1. The number of imidazole rings is 1. The number of rotatable bonds is 5. The third kappa shape index (κ3) is 3.94. The van der Waals surface area contributed by atoms with Gasteiger partial charge in [0, 0.05) is 0 Å². The van der Waals surface area contributed by atoms with Gasteiger partial charge in [-0.2, -0.15) is 5.26 Å². The molecule has 0 spiro atoms. The molecule has 5 aromatic rings. The van der Waals surface area contributed by atoms with Crippen LogP contribution >= 0.6 is 0 Å². The Balaban J connectivity index is 1.34. The van der Waals surface area contributed by atoms with Crippen molar-refractivity contribution in [3.8, 4) is 11.8 Å². The summed E-state index contributed by atoms with van der Waals surface area (Å²) in [6.45, 7) is 0.468. The van der Waals surface area contributed by atoms with Crippen LogP contribution in [0, 0.1) is 17.1 Å². The topological polar surface area (TPSA) is 61.7 Å². The van der Waals surface area contributed by atoms with Crippen molar-refractivity contribution in [3.05, 3.63) is 108 Å². The molecule has 0 fully saturated rings. The summed E-state index contributed by atoms with van der Waals surface area (Å²) in [5.41, 5.74) is 3.50. The first-order valence-corrected chi connectivity index (χ1v) is 10.2. The van der Waals surface area contributed by atoms with Crippen LogP contribution in [0.25, 0.3) is 33.5 Å². The van der Waals surface area contributed by atoms with E-state index in [0.717, 1.165) is 16.9 Å². The van der Waals surface area contributed by atoms with Crippen LogP contribution in [0.3, 0.4) is 0 Å². The van der Waals surface area contributed by atoms with Crippen molar-refractivity contribution in [1.29, 1.82) is 5.26 Å². The molecule has 1 heterocycles. The van der Waals surface area contributed by atoms with Gasteiger partial charge in [-0.25, -0.2) is 9.37 Å². The van der Waals surface area contributed by atoms with Gasteiger partial charge in [0.15, 0.2) is 0 Å². The smallest absolute Gasteiger partial charge is 0.149 e. The predicted molar refractivity (Wildman–Crippen MR) is 124 cm³/mol. The quantitative estimate of drug-likeness (QED) is 0.331. The number of nitrogens with one attached hydrogen (secondary N) is 1. The minimum Gasteiger partial charge on any atom is -0.489 e. The predicted octanol–water partition coefficient (Wildman–Crippen LogP) is 6.50. The van der Waals surface area contributed by atoms with Crippen LogP contribution in [0.5, 0.6) is 5.75 Å². The van der Waals surface area contributed by atoms with E-state index < -0.39 is 0 Å². The summed E-state index contributed by atoms with van der Waals surface area (Å²) in [5.74, 6) is 0.798. The highest BCUT2D eigenvalue weighted by atomic mass is 19.1. The number of allylic oxidation sites excluding steroid dienone is 1. The standard InChI is InChI=1S/C27H18FN3O/c28-22-10-13-25-26(15-22)31-27(30-25)21(16-29)14-18-8-11-23(12-9-18)32-17-20-6-3-5-19-4-1-2-7-24(19)20/h1-15H,17H2,(H,30,31)/b21-14-. The first kappa shape index (κ1) is 19.5. The van der Waals surface area contributed by atoms with Crippen LogP contribution in [0.1, 0.15) is 17.0 Å². The Morgan fingerprint density at radius 2 is 1.81 bits per heavy atom. The maximum Gasteiger partial charge on any atom is 0.149 e. The van der Waals surface area contributed by atoms with Crippen molar-refractivity contribution in [2.45, 2.75) is 6.61 Å². The van der Waals surface area contributed by atoms with Crippen molar-refractivity contribution in [2.24, 2.45) is 0 Å². The summed E-state index contributed by atoms with van der Waals surface area (Å²) >= 11 is 0. The first-order chi connectivity index (χ1) is 15.7. The van der Waals surface area contributed by atoms with Crippen molar-refractivity contribution >= 4 is 33.5 Å². The average molecular weight is 419 g/mol. The molecule has 5 heteroatoms. The van der Waals surface area contributed by atoms with E-state index in [1.807, 2.05) is 42.5 Å². The van der Waals surface area contributed by atoms with Gasteiger partial charge in [-0.1, -0.05) is 54.6 Å². The molecular formula is C27H18FN3O. The molecule has 0 atom stereocenters. The number of H-pyrrole nitrogens is 1. The second-order valence-electron chi connectivity index (χ2n) is 7.41. The van der Waals surface area contributed by atoms with E-state index in [-0.39, 0.29) is 5.82 Å². The Labute approximate surface area is 184 Å². The second-order valence-corrected chi connectivity index (χ2v) is 7.41. The molecular weight excluding hydrogens is 401 g/mol. The van der Waals surface area contributed by atoms with E-state index in [0.29, 0.717) is 29.0 Å². The van der Waals surface area contributed by atoms with Crippen molar-refractivity contribution in [2.75, 3.05) is 0 Å². The van der Waals surface area contributed by atoms with Gasteiger partial charge in [0.1, 0.15) is 30.1 Å². The lowest BCUT2D eigenvalue weighted by Gasteiger charge is -2.09. The Morgan fingerprint density at radius 1 is 1.00 bits per heavy atom. The maximum atomic E-state index is 13.4. The van der Waals surface area contributed by atoms with Crippen LogP contribution in [0.15, 0.2) is 84.9 Å². The third-order valence-corrected chi connectivity index (χ3v) is 5.28. The van der Waals surface area contributed by atoms with E-state index in [9.17, 15) is 9.65 Å². The number of aromatic amines is 1. The molecule has 4 nitrogen and oxygen atoms in total. The van der Waals surface area contributed by atoms with Gasteiger partial charge in [0.2, 0.25) is 0 Å². The molecule has 0 saturated carbocycles. The lowest BCUT2D eigenvalue weighted by Crippen LogP contribution is -1.96. The first-order valence-electron chi connectivity index (χ1n) is 10.2. The molecule has 0 aliphatic carbocycles. The van der Waals surface area contributed by atoms with Gasteiger partial charge < -0.3 is 9.72 Å². The SMILES string of the molecule is N#C/C(=C/c1ccc(OCc2cccc3ccccc23)cc1)c1nc2ccc(F)cc2[nH]1. The monoisotopic (exact) mass is 419 g/mol. The molecule has 32 heavy (non-hydrogen) atoms. The molecule has 0 bridgehead atoms. The van der Waals surface area contributed by atoms with Gasteiger partial charge in [-0.15, -0.1) is 0 Å². The maximum absolute atomic E-state index is 13.4. The van der Waals surface area contributed by atoms with Crippen LogP contribution in [0.2, 0.25) is 0 Å². The Kier molecular flexibility index (Phi) is 5.11. The van der Waals surface area contributed by atoms with Crippen molar-refractivity contribution < 1.29 is 9.13 Å². The van der Waals surface area contributed by atoms with E-state index in [1.165, 1.54) is 22.9 Å². The summed E-state index contributed by atoms with van der Waals surface area (Å²) in [6, 6.07) is 28.4. The highest BCUT2D eigenvalue weighted by Gasteiger charge is 2.09. The van der Waals surface area contributed by atoms with Gasteiger partial charge in [0.05, 0.1) is 16.6 Å². The van der Waals surface area contributed by atoms with Gasteiger partial charge in [0.25, 0.3) is 0 Å². The molecule has 0 unspecified atom stereocenters. The minimum absolute atomic E-state index is 0.353. The molecule has 0 aliphatic rings. The van der Waals surface area contributed by atoms with E-state index in [1.54, 1.807) is 12.1 Å². The molecule has 0 aliphatic heterocycles. The summed E-state index contributed by atoms with van der Waals surface area (Å²) in [4.78, 5) is 7.39. The number of aromatic nitrogens is 2. The molecule has 0 saturated heterocycles. The number of hydrogen-bond donors (Lipinski definition) is 1. The van der Waals surface area contributed by atoms with Crippen LogP contribution in [0.4, 0.5) is 4.39 Å². The summed E-state index contributed by atoms with van der Waals surface area (Å²) in [7, 11) is 0. The molecule has 4 aromatic carbocycles. The summed E-state index contributed by atoms with van der Waals surface area (Å²) in [6.07, 6.45) is 1.74. The Bertz CT molecular complexity index is 1490. The largest absolute Gasteiger partial charge is 0.489 e. The van der Waals surface area contributed by atoms with Crippen molar-refractivity contribution in [1.82, 2.24) is 9.97 Å². The fourth-order valence-electron chi connectivity index (χ4n) is 3.67. The highest BCUT2D eigenvalue weighted by Crippen LogP contribution is 2.23. The molecule has 0 amide bonds. The zero-order valence-corrected chi connectivity index (χ0v) is 17.0. The molecule has 154 valence electrons. The average Bonchev–Trinajstić information content (AvgIpc) is 3.25. The Hall–Kier alpha value is -4.43. The number of fused-ring (bicyclic) bond motifs is 2. The third-order valence-electron chi connectivity index (χ3n) is 5.28. The van der Waals surface area contributed by atoms with E-state index in [4.69, 9.17) is 4.74 Å². The van der Waals surface area contributed by atoms with E-state index in [2.05, 4.69) is 40.3 Å². The minimum atomic E-state index is -0.353. The summed E-state index contributed by atoms with van der Waals surface area (Å²) in [5, 5.41) is 12.0. The number of nitrogens with zero attached hydrogens (tertiary/aromatic N) is 2. The van der Waals surface area contributed by atoms with Gasteiger partial charge in [-0.3, -0.25) is 0 Å². The van der Waals surface area contributed by atoms with Crippen LogP contribution in [-0.4, -0.2) is 9.97 Å². The van der Waals surface area contributed by atoms with Crippen LogP contribution in [-0.2, 0) is 6.61 Å². The normalized spacial score (nSPS) is 11.6. The Morgan fingerprint density at radius 3 is 2.66 bits per heavy atom. The second kappa shape index (κ2) is 8.37. The van der Waals surface area contributed by atoms with E-state index >= 15 is 0 Å². The van der Waals surface area contributed by atoms with Gasteiger partial charge >= 0.3 is 0 Å². The van der Waals surface area contributed by atoms with Crippen molar-refractivity contribution in [3.63, 3.8) is 0 Å². The summed E-state index contributed by atoms with van der Waals surface area (Å²) < 4.78 is 19.4. The molecule has 1 aromatic heterocycles. The number of hydrogen-bond acceptors (Lipinski definition) is 3. The molecule has 1 N–H and O–H groups in total. The highest BCUT2D eigenvalue weighted by molar-refractivity contribution is 5.90. The molecule has 5 rings (SSSR count). The number of benzene rings is 4. The number of nitriles is 1. The lowest BCUT2D eigenvalue weighted by molar-refractivity contribution is 0.307. The molecule has 0 radical (unpaired) electrons. The fourth-order valence-corrected chi connectivity index (χ4v) is 3.67. The van der Waals surface area contributed by atoms with Gasteiger partial charge in [-0.05, 0) is 58.3 Å². The fraction of sp³-hybridized carbons (Fsp3) is 0.0370. The number of ether oxygens (including phenoxy) is 1. The zero-order valence-electron chi connectivity index (χ0n) is 17.0. The zero-order chi connectivity index (χ0) is 21.9. The number of halogens is 1.